The van der Waals surface area contributed by atoms with E-state index in [1.165, 1.54) is 6.07 Å². The highest BCUT2D eigenvalue weighted by molar-refractivity contribution is 6.30. The third kappa shape index (κ3) is 5.93. The van der Waals surface area contributed by atoms with E-state index in [1.807, 2.05) is 36.4 Å². The lowest BCUT2D eigenvalue weighted by atomic mass is 10.0. The first kappa shape index (κ1) is 20.6. The molecule has 1 aromatic heterocycles. The van der Waals surface area contributed by atoms with Crippen molar-refractivity contribution in [1.82, 2.24) is 15.3 Å². The zero-order valence-electron chi connectivity index (χ0n) is 16.2. The average molecular weight is 412 g/mol. The summed E-state index contributed by atoms with van der Waals surface area (Å²) in [5, 5.41) is 3.66. The molecule has 0 aliphatic rings. The molecule has 0 aliphatic carbocycles. The van der Waals surface area contributed by atoms with Crippen molar-refractivity contribution in [3.8, 4) is 5.75 Å². The fourth-order valence-electron chi connectivity index (χ4n) is 3.08. The first-order valence-corrected chi connectivity index (χ1v) is 9.55. The molecule has 1 amide bonds. The molecule has 3 aromatic rings. The number of amides is 1. The maximum absolute atomic E-state index is 12.7. The molecule has 2 N–H and O–H groups in total. The van der Waals surface area contributed by atoms with E-state index >= 15 is 0 Å². The van der Waals surface area contributed by atoms with Crippen LogP contribution >= 0.6 is 11.6 Å². The lowest BCUT2D eigenvalue weighted by molar-refractivity contribution is -0.121. The third-order valence-electron chi connectivity index (χ3n) is 4.46. The Labute approximate surface area is 173 Å². The summed E-state index contributed by atoms with van der Waals surface area (Å²) in [6, 6.07) is 15.7. The maximum Gasteiger partial charge on any atom is 0.251 e. The molecule has 2 aromatic carbocycles. The lowest BCUT2D eigenvalue weighted by Gasteiger charge is -2.19. The molecule has 0 saturated heterocycles. The normalized spacial score (nSPS) is 11.7. The van der Waals surface area contributed by atoms with Crippen molar-refractivity contribution >= 4 is 17.5 Å². The Kier molecular flexibility index (Phi) is 6.67. The van der Waals surface area contributed by atoms with Crippen LogP contribution < -0.4 is 15.6 Å². The Bertz CT molecular complexity index is 1030. The predicted molar refractivity (Wildman–Crippen MR) is 112 cm³/mol. The van der Waals surface area contributed by atoms with Crippen molar-refractivity contribution in [1.29, 1.82) is 0 Å². The Hall–Kier alpha value is -3.12. The van der Waals surface area contributed by atoms with Gasteiger partial charge in [0.15, 0.2) is 0 Å². The number of nitrogens with zero attached hydrogens (tertiary/aromatic N) is 1. The van der Waals surface area contributed by atoms with E-state index < -0.39 is 0 Å². The van der Waals surface area contributed by atoms with E-state index in [4.69, 9.17) is 16.3 Å². The summed E-state index contributed by atoms with van der Waals surface area (Å²) in [5.41, 5.74) is 2.16. The zero-order chi connectivity index (χ0) is 20.8. The first-order chi connectivity index (χ1) is 13.9. The number of H-pyrrole nitrogens is 1. The number of halogens is 1. The van der Waals surface area contributed by atoms with E-state index in [0.29, 0.717) is 23.0 Å². The molecule has 29 heavy (non-hydrogen) atoms. The van der Waals surface area contributed by atoms with Crippen LogP contribution in [0.1, 0.15) is 28.7 Å². The molecule has 150 valence electrons. The Balaban J connectivity index is 1.79. The van der Waals surface area contributed by atoms with Gasteiger partial charge >= 0.3 is 0 Å². The molecule has 0 aliphatic heterocycles. The maximum atomic E-state index is 12.7. The van der Waals surface area contributed by atoms with Gasteiger partial charge in [0.25, 0.3) is 5.56 Å². The Morgan fingerprint density at radius 2 is 1.86 bits per heavy atom. The molecule has 0 radical (unpaired) electrons. The van der Waals surface area contributed by atoms with Crippen LogP contribution in [-0.4, -0.2) is 23.0 Å². The number of hydrogen-bond acceptors (Lipinski definition) is 4. The number of aryl methyl sites for hydroxylation is 1. The van der Waals surface area contributed by atoms with Gasteiger partial charge in [-0.25, -0.2) is 4.98 Å². The monoisotopic (exact) mass is 411 g/mol. The van der Waals surface area contributed by atoms with Crippen LogP contribution in [0.3, 0.4) is 0 Å². The summed E-state index contributed by atoms with van der Waals surface area (Å²) in [7, 11) is 1.60. The van der Waals surface area contributed by atoms with Crippen LogP contribution in [0.15, 0.2) is 59.4 Å². The molecule has 1 unspecified atom stereocenters. The van der Waals surface area contributed by atoms with Gasteiger partial charge in [0.05, 0.1) is 25.3 Å². The average Bonchev–Trinajstić information content (AvgIpc) is 2.68. The number of aromatic amines is 1. The van der Waals surface area contributed by atoms with E-state index in [0.717, 1.165) is 16.9 Å². The van der Waals surface area contributed by atoms with E-state index in [9.17, 15) is 9.59 Å². The number of benzene rings is 2. The van der Waals surface area contributed by atoms with Gasteiger partial charge < -0.3 is 15.0 Å². The lowest BCUT2D eigenvalue weighted by Crippen LogP contribution is -2.31. The van der Waals surface area contributed by atoms with Crippen LogP contribution in [0.5, 0.6) is 5.75 Å². The largest absolute Gasteiger partial charge is 0.497 e. The number of ether oxygens (including phenoxy) is 1. The summed E-state index contributed by atoms with van der Waals surface area (Å²) in [6.07, 6.45) is 0.622. The molecule has 7 heteroatoms. The van der Waals surface area contributed by atoms with Crippen molar-refractivity contribution in [3.05, 3.63) is 92.6 Å². The first-order valence-electron chi connectivity index (χ1n) is 9.17. The topological polar surface area (TPSA) is 84.1 Å². The number of methoxy groups -OCH3 is 1. The SMILES string of the molecule is COc1ccc(CC(=O)NC(Cc2cc(=O)[nH]c(C)n2)c2ccc(Cl)cc2)cc1. The van der Waals surface area contributed by atoms with Gasteiger partial charge in [-0.2, -0.15) is 0 Å². The van der Waals surface area contributed by atoms with Gasteiger partial charge in [-0.1, -0.05) is 35.9 Å². The van der Waals surface area contributed by atoms with Crippen molar-refractivity contribution in [2.24, 2.45) is 0 Å². The fraction of sp³-hybridized carbons (Fsp3) is 0.227. The molecule has 6 nitrogen and oxygen atoms in total. The van der Waals surface area contributed by atoms with E-state index in [1.54, 1.807) is 26.2 Å². The van der Waals surface area contributed by atoms with Gasteiger partial charge in [0.2, 0.25) is 5.91 Å². The molecule has 3 rings (SSSR count). The van der Waals surface area contributed by atoms with Crippen LogP contribution in [0.25, 0.3) is 0 Å². The standard InChI is InChI=1S/C22H22ClN3O3/c1-14-24-18(13-22(28)25-14)12-20(16-5-7-17(23)8-6-16)26-21(27)11-15-3-9-19(29-2)10-4-15/h3-10,13,20H,11-12H2,1-2H3,(H,26,27)(H,24,25,28). The minimum Gasteiger partial charge on any atom is -0.497 e. The van der Waals surface area contributed by atoms with Crippen LogP contribution in [0.4, 0.5) is 0 Å². The Morgan fingerprint density at radius 1 is 1.17 bits per heavy atom. The number of hydrogen-bond donors (Lipinski definition) is 2. The van der Waals surface area contributed by atoms with Crippen LogP contribution in [0, 0.1) is 6.92 Å². The smallest absolute Gasteiger partial charge is 0.251 e. The van der Waals surface area contributed by atoms with Crippen LogP contribution in [0.2, 0.25) is 5.02 Å². The number of rotatable bonds is 7. The van der Waals surface area contributed by atoms with Crippen molar-refractivity contribution < 1.29 is 9.53 Å². The zero-order valence-corrected chi connectivity index (χ0v) is 17.0. The summed E-state index contributed by atoms with van der Waals surface area (Å²) < 4.78 is 5.15. The summed E-state index contributed by atoms with van der Waals surface area (Å²) >= 11 is 6.00. The van der Waals surface area contributed by atoms with Crippen molar-refractivity contribution in [3.63, 3.8) is 0 Å². The van der Waals surface area contributed by atoms with Gasteiger partial charge in [-0.3, -0.25) is 9.59 Å². The van der Waals surface area contributed by atoms with Crippen LogP contribution in [-0.2, 0) is 17.6 Å². The predicted octanol–water partition coefficient (Wildman–Crippen LogP) is 3.38. The highest BCUT2D eigenvalue weighted by atomic mass is 35.5. The highest BCUT2D eigenvalue weighted by Crippen LogP contribution is 2.20. The molecule has 0 fully saturated rings. The van der Waals surface area contributed by atoms with E-state index in [-0.39, 0.29) is 23.9 Å². The summed E-state index contributed by atoms with van der Waals surface area (Å²) in [4.78, 5) is 31.5. The van der Waals surface area contributed by atoms with Gasteiger partial charge in [0.1, 0.15) is 11.6 Å². The molecule has 1 heterocycles. The van der Waals surface area contributed by atoms with Gasteiger partial charge in [-0.05, 0) is 42.3 Å². The number of carbonyl (C=O) groups is 1. The summed E-state index contributed by atoms with van der Waals surface area (Å²) in [5.74, 6) is 1.15. The van der Waals surface area contributed by atoms with E-state index in [2.05, 4.69) is 15.3 Å². The third-order valence-corrected chi connectivity index (χ3v) is 4.71. The molecular formula is C22H22ClN3O3. The number of aromatic nitrogens is 2. The van der Waals surface area contributed by atoms with Crippen molar-refractivity contribution in [2.45, 2.75) is 25.8 Å². The number of nitrogens with one attached hydrogen (secondary N) is 2. The summed E-state index contributed by atoms with van der Waals surface area (Å²) in [6.45, 7) is 1.73. The second-order valence-corrected chi connectivity index (χ2v) is 7.16. The second kappa shape index (κ2) is 9.39. The number of carbonyl (C=O) groups excluding carboxylic acids is 1. The minimum absolute atomic E-state index is 0.128. The molecule has 0 saturated carbocycles. The molecular weight excluding hydrogens is 390 g/mol. The van der Waals surface area contributed by atoms with Gasteiger partial charge in [0, 0.05) is 17.5 Å². The van der Waals surface area contributed by atoms with Gasteiger partial charge in [-0.15, -0.1) is 0 Å². The fourth-order valence-corrected chi connectivity index (χ4v) is 3.20. The molecule has 0 spiro atoms. The molecule has 0 bridgehead atoms. The quantitative estimate of drug-likeness (QED) is 0.624. The minimum atomic E-state index is -0.341. The molecule has 1 atom stereocenters. The van der Waals surface area contributed by atoms with Crippen molar-refractivity contribution in [2.75, 3.05) is 7.11 Å². The second-order valence-electron chi connectivity index (χ2n) is 6.72. The Morgan fingerprint density at radius 3 is 2.48 bits per heavy atom. The highest BCUT2D eigenvalue weighted by Gasteiger charge is 2.17.